The van der Waals surface area contributed by atoms with Gasteiger partial charge in [-0.2, -0.15) is 0 Å². The van der Waals surface area contributed by atoms with Gasteiger partial charge in [0.25, 0.3) is 0 Å². The van der Waals surface area contributed by atoms with Crippen LogP contribution >= 0.6 is 11.6 Å². The van der Waals surface area contributed by atoms with Crippen molar-refractivity contribution in [1.82, 2.24) is 9.97 Å². The molecule has 0 saturated heterocycles. The van der Waals surface area contributed by atoms with Gasteiger partial charge in [0.15, 0.2) is 5.78 Å². The van der Waals surface area contributed by atoms with Gasteiger partial charge in [0.05, 0.1) is 21.9 Å². The lowest BCUT2D eigenvalue weighted by molar-refractivity contribution is -0.144. The highest BCUT2D eigenvalue weighted by molar-refractivity contribution is 6.35. The van der Waals surface area contributed by atoms with Crippen molar-refractivity contribution in [2.75, 3.05) is 5.32 Å². The highest BCUT2D eigenvalue weighted by Crippen LogP contribution is 2.35. The van der Waals surface area contributed by atoms with Gasteiger partial charge in [0, 0.05) is 35.8 Å². The number of carbonyl (C=O) groups excluding carboxylic acids is 1. The van der Waals surface area contributed by atoms with Crippen molar-refractivity contribution in [3.8, 4) is 11.5 Å². The molecule has 5 rings (SSSR count). The molecule has 33 heavy (non-hydrogen) atoms. The Morgan fingerprint density at radius 2 is 1.85 bits per heavy atom. The van der Waals surface area contributed by atoms with Crippen molar-refractivity contribution in [2.24, 2.45) is 5.92 Å². The van der Waals surface area contributed by atoms with Crippen molar-refractivity contribution in [1.29, 1.82) is 0 Å². The summed E-state index contributed by atoms with van der Waals surface area (Å²) < 4.78 is 5.80. The minimum absolute atomic E-state index is 0.0348. The van der Waals surface area contributed by atoms with Crippen LogP contribution in [0.2, 0.25) is 5.02 Å². The van der Waals surface area contributed by atoms with E-state index < -0.39 is 5.97 Å². The second-order valence-corrected chi connectivity index (χ2v) is 8.43. The summed E-state index contributed by atoms with van der Waals surface area (Å²) in [7, 11) is 0. The van der Waals surface area contributed by atoms with Crippen LogP contribution in [0.4, 0.5) is 5.69 Å². The van der Waals surface area contributed by atoms with Gasteiger partial charge in [-0.1, -0.05) is 29.8 Å². The molecule has 0 amide bonds. The first kappa shape index (κ1) is 21.0. The first-order chi connectivity index (χ1) is 16.0. The molecule has 0 unspecified atom stereocenters. The predicted octanol–water partition coefficient (Wildman–Crippen LogP) is 5.51. The molecule has 1 aliphatic carbocycles. The van der Waals surface area contributed by atoms with E-state index in [1.165, 1.54) is 0 Å². The van der Waals surface area contributed by atoms with Gasteiger partial charge in [-0.3, -0.25) is 9.59 Å². The van der Waals surface area contributed by atoms with Crippen LogP contribution in [0.5, 0.6) is 11.5 Å². The molecule has 0 bridgehead atoms. The molecular weight excluding hydrogens is 442 g/mol. The average molecular weight is 462 g/mol. The zero-order valence-electron chi connectivity index (χ0n) is 17.4. The number of aliphatic carboxylic acids is 1. The van der Waals surface area contributed by atoms with Gasteiger partial charge < -0.3 is 20.1 Å². The molecule has 0 radical (unpaired) electrons. The lowest BCUT2D eigenvalue weighted by Gasteiger charge is -2.33. The molecule has 0 spiro atoms. The molecule has 1 saturated carbocycles. The second kappa shape index (κ2) is 8.60. The zero-order chi connectivity index (χ0) is 22.9. The normalized spacial score (nSPS) is 17.4. The number of pyridine rings is 1. The van der Waals surface area contributed by atoms with Gasteiger partial charge in [-0.25, -0.2) is 4.98 Å². The summed E-state index contributed by atoms with van der Waals surface area (Å²) in [6.07, 6.45) is 4.35. The maximum absolute atomic E-state index is 13.4. The zero-order valence-corrected chi connectivity index (χ0v) is 18.2. The molecule has 4 aromatic rings. The predicted molar refractivity (Wildman–Crippen MR) is 125 cm³/mol. The fourth-order valence-electron chi connectivity index (χ4n) is 4.03. The van der Waals surface area contributed by atoms with Crippen LogP contribution in [-0.4, -0.2) is 32.9 Å². The maximum Gasteiger partial charge on any atom is 0.306 e. The van der Waals surface area contributed by atoms with Crippen LogP contribution in [0, 0.1) is 5.92 Å². The third-order valence-corrected chi connectivity index (χ3v) is 6.14. The van der Waals surface area contributed by atoms with Crippen LogP contribution in [-0.2, 0) is 4.79 Å². The van der Waals surface area contributed by atoms with Gasteiger partial charge in [-0.05, 0) is 43.2 Å². The SMILES string of the molecule is O=C(c1ccc(Oc2ccccc2)cc1Cl)c1c[nH]c2nccc(NC3CC(C(=O)O)C3)c12. The second-order valence-electron chi connectivity index (χ2n) is 8.02. The smallest absolute Gasteiger partial charge is 0.306 e. The van der Waals surface area contributed by atoms with E-state index in [2.05, 4.69) is 15.3 Å². The minimum Gasteiger partial charge on any atom is -0.481 e. The summed E-state index contributed by atoms with van der Waals surface area (Å²) in [6.45, 7) is 0. The number of carboxylic acid groups (broad SMARTS) is 1. The number of aromatic amines is 1. The molecule has 166 valence electrons. The molecule has 2 aromatic heterocycles. The number of carboxylic acids is 1. The van der Waals surface area contributed by atoms with Crippen LogP contribution in [0.3, 0.4) is 0 Å². The number of halogens is 1. The molecule has 8 heteroatoms. The molecular formula is C25H20ClN3O4. The van der Waals surface area contributed by atoms with Crippen molar-refractivity contribution < 1.29 is 19.4 Å². The number of anilines is 1. The lowest BCUT2D eigenvalue weighted by atomic mass is 9.80. The molecule has 2 heterocycles. The Balaban J connectivity index is 1.41. The van der Waals surface area contributed by atoms with Gasteiger partial charge >= 0.3 is 5.97 Å². The number of hydrogen-bond donors (Lipinski definition) is 3. The molecule has 7 nitrogen and oxygen atoms in total. The summed E-state index contributed by atoms with van der Waals surface area (Å²) in [5.74, 6) is -0.149. The third-order valence-electron chi connectivity index (χ3n) is 5.83. The maximum atomic E-state index is 13.4. The van der Waals surface area contributed by atoms with E-state index in [1.54, 1.807) is 36.7 Å². The van der Waals surface area contributed by atoms with E-state index in [0.29, 0.717) is 46.5 Å². The first-order valence-electron chi connectivity index (χ1n) is 10.5. The molecule has 0 atom stereocenters. The van der Waals surface area contributed by atoms with Crippen LogP contribution in [0.25, 0.3) is 11.0 Å². The Labute approximate surface area is 194 Å². The number of nitrogens with zero attached hydrogens (tertiary/aromatic N) is 1. The van der Waals surface area contributed by atoms with Crippen molar-refractivity contribution >= 4 is 40.1 Å². The van der Waals surface area contributed by atoms with E-state index >= 15 is 0 Å². The quantitative estimate of drug-likeness (QED) is 0.313. The molecule has 2 aromatic carbocycles. The van der Waals surface area contributed by atoms with E-state index in [1.807, 2.05) is 30.3 Å². The number of hydrogen-bond acceptors (Lipinski definition) is 5. The topological polar surface area (TPSA) is 104 Å². The number of carbonyl (C=O) groups is 2. The standard InChI is InChI=1S/C25H20ClN3O4/c26-20-12-17(33-16-4-2-1-3-5-16)6-7-18(20)23(30)19-13-28-24-22(19)21(8-9-27-24)29-15-10-14(11-15)25(31)32/h1-9,12-15H,10-11H2,(H,31,32)(H2,27,28,29). The third kappa shape index (κ3) is 4.15. The average Bonchev–Trinajstić information content (AvgIpc) is 3.21. The Morgan fingerprint density at radius 1 is 1.06 bits per heavy atom. The first-order valence-corrected chi connectivity index (χ1v) is 10.9. The van der Waals surface area contributed by atoms with Crippen LogP contribution < -0.4 is 10.1 Å². The van der Waals surface area contributed by atoms with E-state index in [4.69, 9.17) is 21.4 Å². The number of H-pyrrole nitrogens is 1. The van der Waals surface area contributed by atoms with E-state index in [-0.39, 0.29) is 22.8 Å². The van der Waals surface area contributed by atoms with Crippen LogP contribution in [0.1, 0.15) is 28.8 Å². The number of fused-ring (bicyclic) bond motifs is 1. The fraction of sp³-hybridized carbons (Fsp3) is 0.160. The summed E-state index contributed by atoms with van der Waals surface area (Å²) >= 11 is 6.46. The lowest BCUT2D eigenvalue weighted by Crippen LogP contribution is -2.39. The largest absolute Gasteiger partial charge is 0.481 e. The summed E-state index contributed by atoms with van der Waals surface area (Å²) in [5, 5.41) is 13.4. The number of benzene rings is 2. The molecule has 0 aliphatic heterocycles. The monoisotopic (exact) mass is 461 g/mol. The molecule has 1 fully saturated rings. The summed E-state index contributed by atoms with van der Waals surface area (Å²) in [6, 6.07) is 16.1. The Morgan fingerprint density at radius 3 is 2.58 bits per heavy atom. The Bertz CT molecular complexity index is 1350. The number of ketones is 1. The Hall–Kier alpha value is -3.84. The van der Waals surface area contributed by atoms with Gasteiger partial charge in [-0.15, -0.1) is 0 Å². The minimum atomic E-state index is -0.778. The van der Waals surface area contributed by atoms with Crippen molar-refractivity contribution in [3.63, 3.8) is 0 Å². The highest BCUT2D eigenvalue weighted by Gasteiger charge is 2.34. The van der Waals surface area contributed by atoms with Crippen molar-refractivity contribution in [2.45, 2.75) is 18.9 Å². The summed E-state index contributed by atoms with van der Waals surface area (Å²) in [4.78, 5) is 31.9. The Kier molecular flexibility index (Phi) is 5.48. The number of para-hydroxylation sites is 1. The van der Waals surface area contributed by atoms with Crippen LogP contribution in [0.15, 0.2) is 67.0 Å². The van der Waals surface area contributed by atoms with E-state index in [9.17, 15) is 9.59 Å². The van der Waals surface area contributed by atoms with Crippen molar-refractivity contribution in [3.05, 3.63) is 83.1 Å². The number of nitrogens with one attached hydrogen (secondary N) is 2. The fourth-order valence-corrected chi connectivity index (χ4v) is 4.28. The van der Waals surface area contributed by atoms with Gasteiger partial charge in [0.2, 0.25) is 0 Å². The van der Waals surface area contributed by atoms with E-state index in [0.717, 1.165) is 5.69 Å². The number of aromatic nitrogens is 2. The molecule has 1 aliphatic rings. The molecule has 3 N–H and O–H groups in total. The summed E-state index contributed by atoms with van der Waals surface area (Å²) in [5.41, 5.74) is 2.09. The number of rotatable bonds is 7. The number of ether oxygens (including phenoxy) is 1. The van der Waals surface area contributed by atoms with Gasteiger partial charge in [0.1, 0.15) is 17.1 Å². The highest BCUT2D eigenvalue weighted by atomic mass is 35.5.